The summed E-state index contributed by atoms with van der Waals surface area (Å²) >= 11 is 0. The molecule has 0 spiro atoms. The average molecular weight is 364 g/mol. The van der Waals surface area contributed by atoms with Crippen molar-refractivity contribution in [1.29, 1.82) is 0 Å². The first kappa shape index (κ1) is 18.8. The fourth-order valence-electron chi connectivity index (χ4n) is 3.20. The van der Waals surface area contributed by atoms with Gasteiger partial charge in [-0.2, -0.15) is 5.10 Å². The van der Waals surface area contributed by atoms with E-state index in [-0.39, 0.29) is 17.7 Å². The lowest BCUT2D eigenvalue weighted by atomic mass is 9.88. The molecule has 1 aromatic heterocycles. The van der Waals surface area contributed by atoms with E-state index in [2.05, 4.69) is 20.8 Å². The molecule has 0 aliphatic heterocycles. The normalized spacial score (nSPS) is 15.2. The minimum atomic E-state index is -0.293. The third-order valence-corrected chi connectivity index (χ3v) is 4.79. The third-order valence-electron chi connectivity index (χ3n) is 4.79. The van der Waals surface area contributed by atoms with E-state index in [1.807, 2.05) is 31.2 Å². The van der Waals surface area contributed by atoms with Crippen LogP contribution in [0.25, 0.3) is 0 Å². The van der Waals surface area contributed by atoms with Crippen molar-refractivity contribution in [2.75, 3.05) is 5.32 Å². The lowest BCUT2D eigenvalue weighted by molar-refractivity contribution is -0.120. The van der Waals surface area contributed by atoms with Crippen LogP contribution in [-0.4, -0.2) is 22.5 Å². The van der Waals surface area contributed by atoms with Gasteiger partial charge < -0.3 is 5.32 Å². The molecule has 1 aliphatic rings. The van der Waals surface area contributed by atoms with Gasteiger partial charge in [0.05, 0.1) is 5.71 Å². The lowest BCUT2D eigenvalue weighted by Crippen LogP contribution is -2.24. The summed E-state index contributed by atoms with van der Waals surface area (Å²) < 4.78 is 0. The summed E-state index contributed by atoms with van der Waals surface area (Å²) in [5.74, 6) is -0.0947. The van der Waals surface area contributed by atoms with Crippen LogP contribution in [0, 0.1) is 5.92 Å². The number of hydrazone groups is 1. The van der Waals surface area contributed by atoms with Gasteiger partial charge >= 0.3 is 0 Å². The van der Waals surface area contributed by atoms with Crippen molar-refractivity contribution in [3.63, 3.8) is 0 Å². The molecule has 2 aromatic rings. The molecular formula is C21H24N4O2. The first-order valence-corrected chi connectivity index (χ1v) is 9.29. The summed E-state index contributed by atoms with van der Waals surface area (Å²) in [5, 5.41) is 7.17. The quantitative estimate of drug-likeness (QED) is 0.626. The number of rotatable bonds is 5. The van der Waals surface area contributed by atoms with E-state index in [1.54, 1.807) is 24.5 Å². The minimum absolute atomic E-state index is 0.0902. The van der Waals surface area contributed by atoms with Gasteiger partial charge in [0.2, 0.25) is 5.91 Å². The van der Waals surface area contributed by atoms with Crippen LogP contribution in [0.3, 0.4) is 0 Å². The SMILES string of the molecule is CC(=NNC(=O)c1ccncc1)c1cccc(NC(=O)C2CCCCC2)c1. The van der Waals surface area contributed by atoms with E-state index in [0.717, 1.165) is 36.9 Å². The molecule has 0 saturated heterocycles. The minimum Gasteiger partial charge on any atom is -0.326 e. The summed E-state index contributed by atoms with van der Waals surface area (Å²) in [4.78, 5) is 28.4. The molecule has 3 rings (SSSR count). The number of hydrogen-bond acceptors (Lipinski definition) is 4. The summed E-state index contributed by atoms with van der Waals surface area (Å²) in [6.45, 7) is 1.81. The number of pyridine rings is 1. The number of carbonyl (C=O) groups excluding carboxylic acids is 2. The Morgan fingerprint density at radius 1 is 1.04 bits per heavy atom. The van der Waals surface area contributed by atoms with Crippen LogP contribution in [0.15, 0.2) is 53.9 Å². The molecule has 27 heavy (non-hydrogen) atoms. The third kappa shape index (κ3) is 5.23. The molecule has 0 radical (unpaired) electrons. The highest BCUT2D eigenvalue weighted by Gasteiger charge is 2.21. The van der Waals surface area contributed by atoms with Gasteiger partial charge in [-0.25, -0.2) is 5.43 Å². The Bertz CT molecular complexity index is 827. The Hall–Kier alpha value is -3.02. The summed E-state index contributed by atoms with van der Waals surface area (Å²) in [5.41, 5.74) is 5.28. The molecule has 2 N–H and O–H groups in total. The fraction of sp³-hybridized carbons (Fsp3) is 0.333. The van der Waals surface area contributed by atoms with Crippen LogP contribution in [0.2, 0.25) is 0 Å². The Balaban J connectivity index is 1.63. The van der Waals surface area contributed by atoms with Gasteiger partial charge in [0, 0.05) is 29.6 Å². The molecule has 1 aliphatic carbocycles. The average Bonchev–Trinajstić information content (AvgIpc) is 2.73. The van der Waals surface area contributed by atoms with E-state index in [0.29, 0.717) is 11.3 Å². The van der Waals surface area contributed by atoms with E-state index in [9.17, 15) is 9.59 Å². The predicted molar refractivity (Wildman–Crippen MR) is 106 cm³/mol. The molecule has 6 nitrogen and oxygen atoms in total. The predicted octanol–water partition coefficient (Wildman–Crippen LogP) is 3.75. The molecule has 1 aromatic carbocycles. The maximum atomic E-state index is 12.4. The zero-order valence-corrected chi connectivity index (χ0v) is 15.4. The number of amides is 2. The Morgan fingerprint density at radius 2 is 1.78 bits per heavy atom. The maximum absolute atomic E-state index is 12.4. The Labute approximate surface area is 159 Å². The van der Waals surface area contributed by atoms with Crippen molar-refractivity contribution >= 4 is 23.2 Å². The van der Waals surface area contributed by atoms with Crippen molar-refractivity contribution in [3.8, 4) is 0 Å². The number of aromatic nitrogens is 1. The standard InChI is InChI=1S/C21H24N4O2/c1-15(24-25-21(27)17-10-12-22-13-11-17)18-8-5-9-19(14-18)23-20(26)16-6-3-2-4-7-16/h5,8-14,16H,2-4,6-7H2,1H3,(H,23,26)(H,25,27). The van der Waals surface area contributed by atoms with Crippen LogP contribution in [-0.2, 0) is 4.79 Å². The second-order valence-electron chi connectivity index (χ2n) is 6.78. The highest BCUT2D eigenvalue weighted by Crippen LogP contribution is 2.25. The molecule has 140 valence electrons. The highest BCUT2D eigenvalue weighted by atomic mass is 16.2. The van der Waals surface area contributed by atoms with Crippen LogP contribution in [0.1, 0.15) is 54.9 Å². The molecule has 2 amide bonds. The molecule has 0 bridgehead atoms. The fourth-order valence-corrected chi connectivity index (χ4v) is 3.20. The number of nitrogens with zero attached hydrogens (tertiary/aromatic N) is 2. The van der Waals surface area contributed by atoms with E-state index in [1.165, 1.54) is 6.42 Å². The first-order chi connectivity index (χ1) is 13.1. The molecule has 0 unspecified atom stereocenters. The van der Waals surface area contributed by atoms with E-state index in [4.69, 9.17) is 0 Å². The first-order valence-electron chi connectivity index (χ1n) is 9.29. The summed E-state index contributed by atoms with van der Waals surface area (Å²) in [6, 6.07) is 10.8. The van der Waals surface area contributed by atoms with Gasteiger partial charge in [-0.05, 0) is 49.6 Å². The molecular weight excluding hydrogens is 340 g/mol. The van der Waals surface area contributed by atoms with Crippen molar-refractivity contribution < 1.29 is 9.59 Å². The molecule has 1 saturated carbocycles. The van der Waals surface area contributed by atoms with Crippen LogP contribution in [0.4, 0.5) is 5.69 Å². The van der Waals surface area contributed by atoms with Crippen LogP contribution in [0.5, 0.6) is 0 Å². The van der Waals surface area contributed by atoms with Crippen LogP contribution < -0.4 is 10.7 Å². The highest BCUT2D eigenvalue weighted by molar-refractivity contribution is 6.02. The second kappa shape index (κ2) is 9.07. The zero-order chi connectivity index (χ0) is 19.1. The lowest BCUT2D eigenvalue weighted by Gasteiger charge is -2.20. The molecule has 1 heterocycles. The number of carbonyl (C=O) groups is 2. The van der Waals surface area contributed by atoms with Crippen molar-refractivity contribution in [3.05, 3.63) is 59.9 Å². The summed E-state index contributed by atoms with van der Waals surface area (Å²) in [7, 11) is 0. The zero-order valence-electron chi connectivity index (χ0n) is 15.4. The molecule has 6 heteroatoms. The largest absolute Gasteiger partial charge is 0.326 e. The molecule has 1 fully saturated rings. The van der Waals surface area contributed by atoms with Gasteiger partial charge in [-0.15, -0.1) is 0 Å². The summed E-state index contributed by atoms with van der Waals surface area (Å²) in [6.07, 6.45) is 8.52. The monoisotopic (exact) mass is 364 g/mol. The van der Waals surface area contributed by atoms with Gasteiger partial charge in [0.25, 0.3) is 5.91 Å². The second-order valence-corrected chi connectivity index (χ2v) is 6.78. The van der Waals surface area contributed by atoms with Crippen LogP contribution >= 0.6 is 0 Å². The number of nitrogens with one attached hydrogen (secondary N) is 2. The smallest absolute Gasteiger partial charge is 0.271 e. The maximum Gasteiger partial charge on any atom is 0.271 e. The van der Waals surface area contributed by atoms with E-state index < -0.39 is 0 Å². The van der Waals surface area contributed by atoms with E-state index >= 15 is 0 Å². The number of anilines is 1. The van der Waals surface area contributed by atoms with Crippen molar-refractivity contribution in [2.45, 2.75) is 39.0 Å². The van der Waals surface area contributed by atoms with Gasteiger partial charge in [0.15, 0.2) is 0 Å². The van der Waals surface area contributed by atoms with Gasteiger partial charge in [-0.3, -0.25) is 14.6 Å². The topological polar surface area (TPSA) is 83.4 Å². The Kier molecular flexibility index (Phi) is 6.30. The van der Waals surface area contributed by atoms with Crippen molar-refractivity contribution in [1.82, 2.24) is 10.4 Å². The van der Waals surface area contributed by atoms with Crippen molar-refractivity contribution in [2.24, 2.45) is 11.0 Å². The van der Waals surface area contributed by atoms with Gasteiger partial charge in [-0.1, -0.05) is 31.4 Å². The number of hydrogen-bond donors (Lipinski definition) is 2. The number of benzene rings is 1. The van der Waals surface area contributed by atoms with Gasteiger partial charge in [0.1, 0.15) is 0 Å². The molecule has 0 atom stereocenters. The Morgan fingerprint density at radius 3 is 2.52 bits per heavy atom.